The van der Waals surface area contributed by atoms with Gasteiger partial charge in [0.15, 0.2) is 6.10 Å². The molecule has 0 fully saturated rings. The molecule has 0 radical (unpaired) electrons. The predicted octanol–water partition coefficient (Wildman–Crippen LogP) is 18.3. The molecular formula is C61H100O6. The molecule has 380 valence electrons. The lowest BCUT2D eigenvalue weighted by Gasteiger charge is -2.18. The summed E-state index contributed by atoms with van der Waals surface area (Å²) in [5.74, 6) is -1.03. The van der Waals surface area contributed by atoms with Crippen molar-refractivity contribution in [2.45, 2.75) is 245 Å². The maximum atomic E-state index is 12.8. The first kappa shape index (κ1) is 63.1. The maximum Gasteiger partial charge on any atom is 0.306 e. The standard InChI is InChI=1S/C61H100O6/c1-4-7-10-13-16-19-22-25-27-29-30-32-33-36-39-42-45-48-51-54-60(63)66-57-58(56-65-59(62)53-50-47-44-41-38-35-24-21-18-15-12-9-6-3)67-61(64)55-52-49-46-43-40-37-34-31-28-26-23-20-17-14-11-8-5-2/h7,10,13,16,19,22,25,27,29-30,32-33,35-36,38-39,44,47,58H,4-6,8-9,11-12,14-15,17-18,20-21,23-24,26,28,31,34,37,40-43,45-46,48-57H2,1-3H3/b10-7+,16-13+,22-19+,27-25+,30-29+,33-32+,38-35+,39-36+,47-44+. The minimum Gasteiger partial charge on any atom is -0.462 e. The summed E-state index contributed by atoms with van der Waals surface area (Å²) in [5.41, 5.74) is 0. The van der Waals surface area contributed by atoms with Crippen LogP contribution in [0.25, 0.3) is 0 Å². The number of hydrogen-bond acceptors (Lipinski definition) is 6. The van der Waals surface area contributed by atoms with Crippen LogP contribution in [0.1, 0.15) is 239 Å². The van der Waals surface area contributed by atoms with Crippen molar-refractivity contribution in [1.82, 2.24) is 0 Å². The van der Waals surface area contributed by atoms with Crippen LogP contribution in [-0.2, 0) is 28.6 Å². The third-order valence-electron chi connectivity index (χ3n) is 11.5. The lowest BCUT2D eigenvalue weighted by molar-refractivity contribution is -0.166. The summed E-state index contributed by atoms with van der Waals surface area (Å²) in [7, 11) is 0. The molecule has 0 N–H and O–H groups in total. The normalized spacial score (nSPS) is 12.9. The van der Waals surface area contributed by atoms with E-state index in [1.54, 1.807) is 0 Å². The molecule has 0 aliphatic heterocycles. The van der Waals surface area contributed by atoms with Gasteiger partial charge in [0.2, 0.25) is 0 Å². The molecule has 0 saturated heterocycles. The average Bonchev–Trinajstić information content (AvgIpc) is 3.33. The number of carbonyl (C=O) groups is 3. The lowest BCUT2D eigenvalue weighted by Crippen LogP contribution is -2.30. The summed E-state index contributed by atoms with van der Waals surface area (Å²) in [6, 6.07) is 0. The van der Waals surface area contributed by atoms with Crippen LogP contribution in [0.15, 0.2) is 109 Å². The van der Waals surface area contributed by atoms with Crippen LogP contribution in [0.2, 0.25) is 0 Å². The van der Waals surface area contributed by atoms with Crippen molar-refractivity contribution in [3.8, 4) is 0 Å². The molecule has 1 atom stereocenters. The van der Waals surface area contributed by atoms with E-state index in [1.165, 1.54) is 128 Å². The Morgan fingerprint density at radius 3 is 1.13 bits per heavy atom. The van der Waals surface area contributed by atoms with Crippen molar-refractivity contribution in [2.75, 3.05) is 13.2 Å². The first-order valence-corrected chi connectivity index (χ1v) is 27.5. The largest absolute Gasteiger partial charge is 0.462 e. The fourth-order valence-electron chi connectivity index (χ4n) is 7.36. The fraction of sp³-hybridized carbons (Fsp3) is 0.656. The first-order valence-electron chi connectivity index (χ1n) is 27.5. The summed E-state index contributed by atoms with van der Waals surface area (Å²) in [6.07, 6.45) is 73.7. The zero-order valence-electron chi connectivity index (χ0n) is 43.4. The Hall–Kier alpha value is -3.93. The van der Waals surface area contributed by atoms with E-state index in [4.69, 9.17) is 14.2 Å². The molecule has 6 nitrogen and oxygen atoms in total. The summed E-state index contributed by atoms with van der Waals surface area (Å²) in [4.78, 5) is 38.0. The first-order chi connectivity index (χ1) is 33.0. The van der Waals surface area contributed by atoms with Crippen LogP contribution in [0.5, 0.6) is 0 Å². The zero-order valence-corrected chi connectivity index (χ0v) is 43.4. The second kappa shape index (κ2) is 54.7. The second-order valence-electron chi connectivity index (χ2n) is 17.9. The molecule has 0 bridgehead atoms. The van der Waals surface area contributed by atoms with E-state index in [-0.39, 0.29) is 37.5 Å². The molecular weight excluding hydrogens is 829 g/mol. The van der Waals surface area contributed by atoms with Crippen molar-refractivity contribution in [3.05, 3.63) is 109 Å². The molecule has 67 heavy (non-hydrogen) atoms. The van der Waals surface area contributed by atoms with Crippen LogP contribution >= 0.6 is 0 Å². The van der Waals surface area contributed by atoms with E-state index in [9.17, 15) is 14.4 Å². The number of carbonyl (C=O) groups excluding carboxylic acids is 3. The highest BCUT2D eigenvalue weighted by molar-refractivity contribution is 5.71. The van der Waals surface area contributed by atoms with E-state index in [0.29, 0.717) is 19.3 Å². The molecule has 0 aromatic rings. The smallest absolute Gasteiger partial charge is 0.306 e. The van der Waals surface area contributed by atoms with Gasteiger partial charge in [-0.1, -0.05) is 271 Å². The van der Waals surface area contributed by atoms with Crippen LogP contribution in [0.3, 0.4) is 0 Å². The predicted molar refractivity (Wildman–Crippen MR) is 288 cm³/mol. The molecule has 0 aliphatic rings. The van der Waals surface area contributed by atoms with Crippen LogP contribution in [-0.4, -0.2) is 37.2 Å². The summed E-state index contributed by atoms with van der Waals surface area (Å²) in [6.45, 7) is 6.40. The Labute approximate surface area is 412 Å². The summed E-state index contributed by atoms with van der Waals surface area (Å²) in [5, 5.41) is 0. The Balaban J connectivity index is 4.53. The third kappa shape index (κ3) is 52.9. The maximum absolute atomic E-state index is 12.8. The molecule has 1 unspecified atom stereocenters. The van der Waals surface area contributed by atoms with Gasteiger partial charge in [-0.15, -0.1) is 0 Å². The highest BCUT2D eigenvalue weighted by Crippen LogP contribution is 2.15. The number of ether oxygens (including phenoxy) is 3. The molecule has 0 heterocycles. The van der Waals surface area contributed by atoms with Gasteiger partial charge < -0.3 is 14.2 Å². The minimum atomic E-state index is -0.820. The van der Waals surface area contributed by atoms with Gasteiger partial charge in [-0.05, 0) is 57.8 Å². The van der Waals surface area contributed by atoms with Gasteiger partial charge in [0.05, 0.1) is 0 Å². The zero-order chi connectivity index (χ0) is 48.6. The van der Waals surface area contributed by atoms with Crippen LogP contribution < -0.4 is 0 Å². The SMILES string of the molecule is CC/C=C/C=C/C=C/C=C/C=C/C=C/C=C/CCCCCC(=O)OCC(COC(=O)CC/C=C/C/C=C/CCCCCCCC)OC(=O)CCCCCCCCCCCCCCCCCCC. The molecule has 0 aliphatic carbocycles. The second-order valence-corrected chi connectivity index (χ2v) is 17.9. The highest BCUT2D eigenvalue weighted by atomic mass is 16.6. The molecule has 0 amide bonds. The molecule has 0 aromatic carbocycles. The van der Waals surface area contributed by atoms with Crippen molar-refractivity contribution in [3.63, 3.8) is 0 Å². The summed E-state index contributed by atoms with van der Waals surface area (Å²) >= 11 is 0. The van der Waals surface area contributed by atoms with Gasteiger partial charge >= 0.3 is 17.9 Å². The van der Waals surface area contributed by atoms with Crippen molar-refractivity contribution in [2.24, 2.45) is 0 Å². The lowest BCUT2D eigenvalue weighted by atomic mass is 10.0. The van der Waals surface area contributed by atoms with Gasteiger partial charge in [0.25, 0.3) is 0 Å². The van der Waals surface area contributed by atoms with Crippen LogP contribution in [0.4, 0.5) is 0 Å². The van der Waals surface area contributed by atoms with Crippen molar-refractivity contribution < 1.29 is 28.6 Å². The molecule has 0 aromatic heterocycles. The van der Waals surface area contributed by atoms with Gasteiger partial charge in [-0.3, -0.25) is 14.4 Å². The van der Waals surface area contributed by atoms with Gasteiger partial charge in [0.1, 0.15) is 13.2 Å². The van der Waals surface area contributed by atoms with Crippen molar-refractivity contribution in [1.29, 1.82) is 0 Å². The number of esters is 3. The molecule has 6 heteroatoms. The number of unbranched alkanes of at least 4 members (excludes halogenated alkanes) is 25. The Morgan fingerprint density at radius 1 is 0.328 bits per heavy atom. The summed E-state index contributed by atoms with van der Waals surface area (Å²) < 4.78 is 16.7. The van der Waals surface area contributed by atoms with E-state index < -0.39 is 6.10 Å². The van der Waals surface area contributed by atoms with Crippen LogP contribution in [0, 0.1) is 0 Å². The quantitative estimate of drug-likeness (QED) is 0.0199. The molecule has 0 spiro atoms. The highest BCUT2D eigenvalue weighted by Gasteiger charge is 2.19. The Kier molecular flexibility index (Phi) is 51.5. The average molecular weight is 929 g/mol. The van der Waals surface area contributed by atoms with Gasteiger partial charge in [0, 0.05) is 19.3 Å². The molecule has 0 saturated carbocycles. The number of hydrogen-bond donors (Lipinski definition) is 0. The monoisotopic (exact) mass is 929 g/mol. The molecule has 0 rings (SSSR count). The van der Waals surface area contributed by atoms with Gasteiger partial charge in [-0.2, -0.15) is 0 Å². The van der Waals surface area contributed by atoms with E-state index in [2.05, 4.69) is 51.2 Å². The van der Waals surface area contributed by atoms with E-state index >= 15 is 0 Å². The van der Waals surface area contributed by atoms with E-state index in [0.717, 1.165) is 64.2 Å². The number of allylic oxidation sites excluding steroid dienone is 18. The fourth-order valence-corrected chi connectivity index (χ4v) is 7.36. The topological polar surface area (TPSA) is 78.9 Å². The number of rotatable bonds is 48. The van der Waals surface area contributed by atoms with E-state index in [1.807, 2.05) is 79.0 Å². The third-order valence-corrected chi connectivity index (χ3v) is 11.5. The van der Waals surface area contributed by atoms with Crippen molar-refractivity contribution >= 4 is 17.9 Å². The minimum absolute atomic E-state index is 0.119. The van der Waals surface area contributed by atoms with Gasteiger partial charge in [-0.25, -0.2) is 0 Å². The Morgan fingerprint density at radius 2 is 0.672 bits per heavy atom. The Bertz CT molecular complexity index is 1390.